The number of nitrogens with zero attached hydrogens (tertiary/aromatic N) is 1. The Bertz CT molecular complexity index is 253. The fourth-order valence-electron chi connectivity index (χ4n) is 3.37. The van der Waals surface area contributed by atoms with Crippen LogP contribution in [0.1, 0.15) is 53.4 Å². The van der Waals surface area contributed by atoms with Gasteiger partial charge in [0.05, 0.1) is 5.60 Å². The Morgan fingerprint density at radius 3 is 2.25 bits per heavy atom. The van der Waals surface area contributed by atoms with E-state index in [1.165, 1.54) is 25.7 Å². The minimum absolute atomic E-state index is 0.0753. The molecule has 0 aromatic rings. The highest BCUT2D eigenvalue weighted by molar-refractivity contribution is 7.78. The first kappa shape index (κ1) is 13.1. The van der Waals surface area contributed by atoms with Crippen LogP contribution in [0.15, 0.2) is 0 Å². The van der Waals surface area contributed by atoms with Crippen LogP contribution in [0.4, 0.5) is 0 Å². The zero-order valence-electron chi connectivity index (χ0n) is 10.7. The van der Waals surface area contributed by atoms with Gasteiger partial charge in [0.15, 0.2) is 0 Å². The van der Waals surface area contributed by atoms with Crippen molar-refractivity contribution < 1.29 is 4.52 Å². The van der Waals surface area contributed by atoms with Crippen LogP contribution >= 0.6 is 18.9 Å². The molecule has 4 heteroatoms. The van der Waals surface area contributed by atoms with Crippen LogP contribution in [0.5, 0.6) is 0 Å². The quantitative estimate of drug-likeness (QED) is 0.679. The Hall–Kier alpha value is 0.640. The number of rotatable bonds is 2. The first-order valence-electron chi connectivity index (χ1n) is 6.41. The second kappa shape index (κ2) is 4.72. The molecule has 0 aromatic heterocycles. The van der Waals surface area contributed by atoms with Gasteiger partial charge in [0, 0.05) is 12.1 Å². The molecule has 1 aliphatic carbocycles. The molecule has 1 spiro atoms. The fourth-order valence-corrected chi connectivity index (χ4v) is 6.31. The summed E-state index contributed by atoms with van der Waals surface area (Å²) in [5.74, 6) is 0.617. The van der Waals surface area contributed by atoms with Gasteiger partial charge in [-0.15, -0.1) is 0 Å². The van der Waals surface area contributed by atoms with Crippen molar-refractivity contribution in [3.05, 3.63) is 0 Å². The van der Waals surface area contributed by atoms with Crippen LogP contribution < -0.4 is 0 Å². The standard InChI is InChI=1S/C12H23ClNOP/c1-9(2)11-12(7-5-6-8-12)15-16(13)14(11)10(3)4/h9-11H,5-8H2,1-4H3/t11-,16?/m0/s1. The zero-order valence-corrected chi connectivity index (χ0v) is 12.4. The third-order valence-corrected chi connectivity index (χ3v) is 6.19. The van der Waals surface area contributed by atoms with E-state index >= 15 is 0 Å². The van der Waals surface area contributed by atoms with E-state index in [1.54, 1.807) is 0 Å². The van der Waals surface area contributed by atoms with Gasteiger partial charge in [-0.2, -0.15) is 0 Å². The average Bonchev–Trinajstić information content (AvgIpc) is 2.72. The summed E-state index contributed by atoms with van der Waals surface area (Å²) in [5.41, 5.74) is 0.0753. The van der Waals surface area contributed by atoms with Crippen molar-refractivity contribution in [2.75, 3.05) is 0 Å². The van der Waals surface area contributed by atoms with E-state index in [4.69, 9.17) is 15.8 Å². The molecule has 16 heavy (non-hydrogen) atoms. The Balaban J connectivity index is 2.28. The second-order valence-electron chi connectivity index (χ2n) is 5.75. The summed E-state index contributed by atoms with van der Waals surface area (Å²) in [7, 11) is -0.894. The van der Waals surface area contributed by atoms with Crippen molar-refractivity contribution in [3.8, 4) is 0 Å². The first-order valence-corrected chi connectivity index (χ1v) is 8.53. The molecule has 1 saturated carbocycles. The highest BCUT2D eigenvalue weighted by Gasteiger charge is 2.56. The van der Waals surface area contributed by atoms with Gasteiger partial charge in [0.25, 0.3) is 0 Å². The van der Waals surface area contributed by atoms with Crippen LogP contribution in [0.3, 0.4) is 0 Å². The summed E-state index contributed by atoms with van der Waals surface area (Å²) in [6.45, 7) is 9.05. The lowest BCUT2D eigenvalue weighted by Gasteiger charge is -2.37. The summed E-state index contributed by atoms with van der Waals surface area (Å²) < 4.78 is 8.64. The molecule has 2 aliphatic rings. The van der Waals surface area contributed by atoms with Gasteiger partial charge in [-0.3, -0.25) is 0 Å². The molecule has 0 N–H and O–H groups in total. The van der Waals surface area contributed by atoms with E-state index in [1.807, 2.05) is 0 Å². The molecule has 0 bridgehead atoms. The van der Waals surface area contributed by atoms with E-state index in [0.29, 0.717) is 18.0 Å². The van der Waals surface area contributed by atoms with Crippen LogP contribution in [0, 0.1) is 5.92 Å². The normalized spacial score (nSPS) is 34.7. The lowest BCUT2D eigenvalue weighted by atomic mass is 9.84. The van der Waals surface area contributed by atoms with Crippen LogP contribution in [0.2, 0.25) is 0 Å². The van der Waals surface area contributed by atoms with Gasteiger partial charge in [0.2, 0.25) is 7.65 Å². The molecule has 0 radical (unpaired) electrons. The van der Waals surface area contributed by atoms with Gasteiger partial charge < -0.3 is 4.52 Å². The van der Waals surface area contributed by atoms with Crippen molar-refractivity contribution in [2.45, 2.75) is 71.1 Å². The van der Waals surface area contributed by atoms with Gasteiger partial charge in [-0.05, 0) is 43.8 Å². The van der Waals surface area contributed by atoms with Gasteiger partial charge in [-0.25, -0.2) is 4.67 Å². The van der Waals surface area contributed by atoms with Crippen molar-refractivity contribution in [2.24, 2.45) is 5.92 Å². The first-order chi connectivity index (χ1) is 7.48. The van der Waals surface area contributed by atoms with Gasteiger partial charge in [-0.1, -0.05) is 26.7 Å². The molecule has 1 saturated heterocycles. The molecule has 0 aromatic carbocycles. The summed E-state index contributed by atoms with van der Waals surface area (Å²) in [5, 5.41) is 0. The Morgan fingerprint density at radius 2 is 1.81 bits per heavy atom. The molecule has 2 nitrogen and oxygen atoms in total. The lowest BCUT2D eigenvalue weighted by molar-refractivity contribution is 0.0416. The zero-order chi connectivity index (χ0) is 11.9. The van der Waals surface area contributed by atoms with Crippen molar-refractivity contribution in [1.29, 1.82) is 0 Å². The number of hydrogen-bond donors (Lipinski definition) is 0. The van der Waals surface area contributed by atoms with E-state index in [2.05, 4.69) is 32.4 Å². The van der Waals surface area contributed by atoms with E-state index < -0.39 is 7.65 Å². The molecule has 2 atom stereocenters. The second-order valence-corrected chi connectivity index (χ2v) is 7.72. The Kier molecular flexibility index (Phi) is 3.86. The fraction of sp³-hybridized carbons (Fsp3) is 1.00. The van der Waals surface area contributed by atoms with E-state index in [-0.39, 0.29) is 5.60 Å². The smallest absolute Gasteiger partial charge is 0.208 e. The topological polar surface area (TPSA) is 12.5 Å². The summed E-state index contributed by atoms with van der Waals surface area (Å²) in [6, 6.07) is 0.995. The molecule has 1 unspecified atom stereocenters. The minimum atomic E-state index is -0.894. The van der Waals surface area contributed by atoms with E-state index in [9.17, 15) is 0 Å². The van der Waals surface area contributed by atoms with Crippen molar-refractivity contribution >= 4 is 18.9 Å². The third kappa shape index (κ3) is 2.03. The highest BCUT2D eigenvalue weighted by Crippen LogP contribution is 2.65. The van der Waals surface area contributed by atoms with Crippen molar-refractivity contribution in [1.82, 2.24) is 4.67 Å². The summed E-state index contributed by atoms with van der Waals surface area (Å²) in [4.78, 5) is 0. The number of halogens is 1. The van der Waals surface area contributed by atoms with Crippen molar-refractivity contribution in [3.63, 3.8) is 0 Å². The molecule has 2 rings (SSSR count). The summed E-state index contributed by atoms with van der Waals surface area (Å²) >= 11 is 6.45. The van der Waals surface area contributed by atoms with Crippen LogP contribution in [-0.4, -0.2) is 22.4 Å². The Morgan fingerprint density at radius 1 is 1.25 bits per heavy atom. The molecular weight excluding hydrogens is 241 g/mol. The Labute approximate surface area is 105 Å². The van der Waals surface area contributed by atoms with Gasteiger partial charge >= 0.3 is 0 Å². The maximum atomic E-state index is 6.45. The van der Waals surface area contributed by atoms with Crippen LogP contribution in [0.25, 0.3) is 0 Å². The molecular formula is C12H23ClNOP. The predicted octanol–water partition coefficient (Wildman–Crippen LogP) is 4.53. The highest BCUT2D eigenvalue weighted by atomic mass is 35.7. The largest absolute Gasteiger partial charge is 0.323 e. The number of hydrogen-bond acceptors (Lipinski definition) is 2. The van der Waals surface area contributed by atoms with E-state index in [0.717, 1.165) is 0 Å². The molecule has 94 valence electrons. The van der Waals surface area contributed by atoms with Gasteiger partial charge in [0.1, 0.15) is 0 Å². The molecule has 1 heterocycles. The monoisotopic (exact) mass is 263 g/mol. The third-order valence-electron chi connectivity index (χ3n) is 3.87. The average molecular weight is 264 g/mol. The molecule has 2 fully saturated rings. The van der Waals surface area contributed by atoms with Crippen LogP contribution in [-0.2, 0) is 4.52 Å². The summed E-state index contributed by atoms with van der Waals surface area (Å²) in [6.07, 6.45) is 5.00. The lowest BCUT2D eigenvalue weighted by Crippen LogP contribution is -2.48. The predicted molar refractivity (Wildman–Crippen MR) is 70.7 cm³/mol. The maximum Gasteiger partial charge on any atom is 0.208 e. The molecule has 1 aliphatic heterocycles. The minimum Gasteiger partial charge on any atom is -0.323 e. The molecule has 0 amide bonds. The SMILES string of the molecule is CC(C)[C@@H]1N(C(C)C)P(Cl)OC12CCCC2. The maximum absolute atomic E-state index is 6.45.